The largest absolute Gasteiger partial charge is 0.474 e. The molecule has 5 nitrogen and oxygen atoms in total. The van der Waals surface area contributed by atoms with Crippen LogP contribution in [0.15, 0.2) is 0 Å². The number of aliphatic carboxylic acids is 1. The molecule has 0 aromatic heterocycles. The first-order valence-electron chi connectivity index (χ1n) is 4.80. The van der Waals surface area contributed by atoms with Gasteiger partial charge in [-0.05, 0) is 12.8 Å². The van der Waals surface area contributed by atoms with Gasteiger partial charge < -0.3 is 15.5 Å². The fourth-order valence-corrected chi connectivity index (χ4v) is 1.73. The maximum absolute atomic E-state index is 10.7. The minimum absolute atomic E-state index is 0.00653. The van der Waals surface area contributed by atoms with Gasteiger partial charge in [0.2, 0.25) is 0 Å². The monoisotopic (exact) mass is 201 g/mol. The highest BCUT2D eigenvalue weighted by atomic mass is 16.4. The van der Waals surface area contributed by atoms with E-state index in [2.05, 4.69) is 5.32 Å². The number of carbonyl (C=O) groups excluding carboxylic acids is 1. The molecule has 2 atom stereocenters. The highest BCUT2D eigenvalue weighted by Crippen LogP contribution is 2.23. The highest BCUT2D eigenvalue weighted by molar-refractivity contribution is 6.31. The summed E-state index contributed by atoms with van der Waals surface area (Å²) in [7, 11) is 0. The summed E-state index contributed by atoms with van der Waals surface area (Å²) >= 11 is 0. The quantitative estimate of drug-likeness (QED) is 0.537. The van der Waals surface area contributed by atoms with Crippen molar-refractivity contribution in [1.82, 2.24) is 5.32 Å². The van der Waals surface area contributed by atoms with Crippen LogP contribution >= 0.6 is 0 Å². The number of aliphatic hydroxyl groups is 1. The second-order valence-corrected chi connectivity index (χ2v) is 3.63. The van der Waals surface area contributed by atoms with E-state index in [4.69, 9.17) is 5.11 Å². The fraction of sp³-hybridized carbons (Fsp3) is 0.778. The Morgan fingerprint density at radius 2 is 1.93 bits per heavy atom. The standard InChI is InChI=1S/C9H15NO4/c11-7-4-2-1-3-6(7)5-10-8(12)9(13)14/h6-7,11H,1-5H2,(H,10,12)(H,13,14). The summed E-state index contributed by atoms with van der Waals surface area (Å²) in [5.74, 6) is -2.47. The van der Waals surface area contributed by atoms with Gasteiger partial charge >= 0.3 is 11.9 Å². The van der Waals surface area contributed by atoms with Crippen LogP contribution in [0.25, 0.3) is 0 Å². The fourth-order valence-electron chi connectivity index (χ4n) is 1.73. The van der Waals surface area contributed by atoms with E-state index in [0.717, 1.165) is 25.7 Å². The molecule has 0 saturated heterocycles. The topological polar surface area (TPSA) is 86.6 Å². The molecule has 0 aromatic rings. The molecule has 0 aromatic carbocycles. The Kier molecular flexibility index (Phi) is 3.88. The first-order valence-corrected chi connectivity index (χ1v) is 4.80. The van der Waals surface area contributed by atoms with Crippen molar-refractivity contribution in [3.63, 3.8) is 0 Å². The molecule has 2 unspecified atom stereocenters. The molecule has 3 N–H and O–H groups in total. The molecule has 1 saturated carbocycles. The Morgan fingerprint density at radius 1 is 1.29 bits per heavy atom. The summed E-state index contributed by atoms with van der Waals surface area (Å²) in [5.41, 5.74) is 0. The normalized spacial score (nSPS) is 26.9. The lowest BCUT2D eigenvalue weighted by molar-refractivity contribution is -0.150. The van der Waals surface area contributed by atoms with Crippen molar-refractivity contribution >= 4 is 11.9 Å². The Balaban J connectivity index is 2.29. The van der Waals surface area contributed by atoms with E-state index in [1.54, 1.807) is 0 Å². The number of carboxylic acids is 1. The van der Waals surface area contributed by atoms with Gasteiger partial charge in [0.05, 0.1) is 6.10 Å². The molecule has 0 spiro atoms. The average Bonchev–Trinajstić information content (AvgIpc) is 2.16. The molecule has 0 bridgehead atoms. The summed E-state index contributed by atoms with van der Waals surface area (Å²) < 4.78 is 0. The van der Waals surface area contributed by atoms with E-state index >= 15 is 0 Å². The Bertz CT molecular complexity index is 229. The molecule has 1 aliphatic carbocycles. The Labute approximate surface area is 82.1 Å². The Morgan fingerprint density at radius 3 is 2.50 bits per heavy atom. The number of amides is 1. The average molecular weight is 201 g/mol. The molecular weight excluding hydrogens is 186 g/mol. The minimum atomic E-state index is -1.48. The third-order valence-electron chi connectivity index (χ3n) is 2.59. The van der Waals surface area contributed by atoms with E-state index in [0.29, 0.717) is 0 Å². The van der Waals surface area contributed by atoms with Crippen molar-refractivity contribution in [3.05, 3.63) is 0 Å². The van der Waals surface area contributed by atoms with E-state index in [1.165, 1.54) is 0 Å². The van der Waals surface area contributed by atoms with Crippen LogP contribution < -0.4 is 5.32 Å². The number of carboxylic acid groups (broad SMARTS) is 1. The molecule has 1 fully saturated rings. The molecule has 80 valence electrons. The molecular formula is C9H15NO4. The zero-order chi connectivity index (χ0) is 10.6. The lowest BCUT2D eigenvalue weighted by atomic mass is 9.86. The highest BCUT2D eigenvalue weighted by Gasteiger charge is 2.24. The van der Waals surface area contributed by atoms with Gasteiger partial charge in [0, 0.05) is 12.5 Å². The molecule has 1 aliphatic rings. The third kappa shape index (κ3) is 2.99. The van der Waals surface area contributed by atoms with Gasteiger partial charge in [0.15, 0.2) is 0 Å². The number of rotatable bonds is 2. The molecule has 5 heteroatoms. The van der Waals surface area contributed by atoms with Gasteiger partial charge in [0.25, 0.3) is 0 Å². The van der Waals surface area contributed by atoms with E-state index < -0.39 is 18.0 Å². The van der Waals surface area contributed by atoms with E-state index in [9.17, 15) is 14.7 Å². The van der Waals surface area contributed by atoms with E-state index in [1.807, 2.05) is 0 Å². The predicted octanol–water partition coefficient (Wildman–Crippen LogP) is -0.262. The van der Waals surface area contributed by atoms with Crippen LogP contribution in [-0.4, -0.2) is 34.7 Å². The Hall–Kier alpha value is -1.10. The molecule has 14 heavy (non-hydrogen) atoms. The summed E-state index contributed by atoms with van der Waals surface area (Å²) in [5, 5.41) is 20.1. The van der Waals surface area contributed by atoms with Crippen LogP contribution in [-0.2, 0) is 9.59 Å². The number of carbonyl (C=O) groups is 2. The molecule has 1 rings (SSSR count). The minimum Gasteiger partial charge on any atom is -0.474 e. The molecule has 0 heterocycles. The second kappa shape index (κ2) is 4.95. The third-order valence-corrected chi connectivity index (χ3v) is 2.59. The van der Waals surface area contributed by atoms with E-state index in [-0.39, 0.29) is 12.5 Å². The van der Waals surface area contributed by atoms with Crippen LogP contribution in [0.1, 0.15) is 25.7 Å². The smallest absolute Gasteiger partial charge is 0.394 e. The zero-order valence-electron chi connectivity index (χ0n) is 7.90. The van der Waals surface area contributed by atoms with Crippen molar-refractivity contribution in [2.75, 3.05) is 6.54 Å². The lowest BCUT2D eigenvalue weighted by Gasteiger charge is -2.27. The summed E-state index contributed by atoms with van der Waals surface area (Å²) in [6.45, 7) is 0.256. The predicted molar refractivity (Wildman–Crippen MR) is 48.6 cm³/mol. The van der Waals surface area contributed by atoms with Crippen LogP contribution in [0.5, 0.6) is 0 Å². The van der Waals surface area contributed by atoms with Gasteiger partial charge in [-0.1, -0.05) is 12.8 Å². The van der Waals surface area contributed by atoms with Gasteiger partial charge in [-0.25, -0.2) is 4.79 Å². The van der Waals surface area contributed by atoms with Crippen molar-refractivity contribution in [3.8, 4) is 0 Å². The van der Waals surface area contributed by atoms with Crippen molar-refractivity contribution in [2.45, 2.75) is 31.8 Å². The van der Waals surface area contributed by atoms with Crippen molar-refractivity contribution < 1.29 is 19.8 Å². The van der Waals surface area contributed by atoms with Crippen LogP contribution in [0.4, 0.5) is 0 Å². The van der Waals surface area contributed by atoms with Gasteiger partial charge in [-0.15, -0.1) is 0 Å². The molecule has 1 amide bonds. The summed E-state index contributed by atoms with van der Waals surface area (Å²) in [6.07, 6.45) is 3.22. The SMILES string of the molecule is O=C(O)C(=O)NCC1CCCCC1O. The van der Waals surface area contributed by atoms with Crippen LogP contribution in [0, 0.1) is 5.92 Å². The lowest BCUT2D eigenvalue weighted by Crippen LogP contribution is -2.39. The summed E-state index contributed by atoms with van der Waals surface area (Å²) in [6, 6.07) is 0. The van der Waals surface area contributed by atoms with Gasteiger partial charge in [0.1, 0.15) is 0 Å². The van der Waals surface area contributed by atoms with Gasteiger partial charge in [-0.2, -0.15) is 0 Å². The van der Waals surface area contributed by atoms with Crippen LogP contribution in [0.3, 0.4) is 0 Å². The maximum atomic E-state index is 10.7. The first-order chi connectivity index (χ1) is 6.61. The van der Waals surface area contributed by atoms with Gasteiger partial charge in [-0.3, -0.25) is 4.79 Å². The number of aliphatic hydroxyl groups excluding tert-OH is 1. The molecule has 0 radical (unpaired) electrons. The first kappa shape index (κ1) is 11.0. The van der Waals surface area contributed by atoms with Crippen molar-refractivity contribution in [2.24, 2.45) is 5.92 Å². The summed E-state index contributed by atoms with van der Waals surface area (Å²) in [4.78, 5) is 20.9. The van der Waals surface area contributed by atoms with Crippen LogP contribution in [0.2, 0.25) is 0 Å². The molecule has 0 aliphatic heterocycles. The van der Waals surface area contributed by atoms with Crippen molar-refractivity contribution in [1.29, 1.82) is 0 Å². The number of hydrogen-bond donors (Lipinski definition) is 3. The zero-order valence-corrected chi connectivity index (χ0v) is 7.90. The number of nitrogens with one attached hydrogen (secondary N) is 1. The number of hydrogen-bond acceptors (Lipinski definition) is 3. The maximum Gasteiger partial charge on any atom is 0.394 e. The second-order valence-electron chi connectivity index (χ2n) is 3.63.